The first-order valence-corrected chi connectivity index (χ1v) is 7.00. The molecule has 1 aliphatic rings. The van der Waals surface area contributed by atoms with Gasteiger partial charge in [-0.1, -0.05) is 0 Å². The van der Waals surface area contributed by atoms with E-state index >= 15 is 0 Å². The average Bonchev–Trinajstić information content (AvgIpc) is 3.00. The third-order valence-corrected chi connectivity index (χ3v) is 3.67. The van der Waals surface area contributed by atoms with Crippen molar-refractivity contribution in [2.24, 2.45) is 0 Å². The molecule has 1 heterocycles. The molecule has 1 aliphatic heterocycles. The number of hydrogen-bond donors (Lipinski definition) is 1. The van der Waals surface area contributed by atoms with Gasteiger partial charge in [0.2, 0.25) is 0 Å². The Morgan fingerprint density at radius 1 is 1.10 bits per heavy atom. The Kier molecular flexibility index (Phi) is 3.86. The smallest absolute Gasteiger partial charge is 0.127 e. The van der Waals surface area contributed by atoms with E-state index in [1.54, 1.807) is 14.2 Å². The van der Waals surface area contributed by atoms with Gasteiger partial charge in [-0.15, -0.1) is 0 Å². The van der Waals surface area contributed by atoms with E-state index in [4.69, 9.17) is 14.2 Å². The van der Waals surface area contributed by atoms with Crippen molar-refractivity contribution in [1.82, 2.24) is 0 Å². The molecule has 2 aromatic rings. The molecule has 0 unspecified atom stereocenters. The van der Waals surface area contributed by atoms with Gasteiger partial charge in [-0.05, 0) is 35.9 Å². The molecular weight excluding hydrogens is 266 g/mol. The maximum Gasteiger partial charge on any atom is 0.127 e. The molecular formula is C17H19NO3. The largest absolute Gasteiger partial charge is 0.497 e. The highest BCUT2D eigenvalue weighted by Crippen LogP contribution is 2.29. The average molecular weight is 285 g/mol. The topological polar surface area (TPSA) is 39.7 Å². The Morgan fingerprint density at radius 2 is 2.00 bits per heavy atom. The van der Waals surface area contributed by atoms with Crippen LogP contribution in [0.2, 0.25) is 0 Å². The minimum Gasteiger partial charge on any atom is -0.497 e. The number of fused-ring (bicyclic) bond motifs is 1. The van der Waals surface area contributed by atoms with E-state index in [1.807, 2.05) is 30.3 Å². The summed E-state index contributed by atoms with van der Waals surface area (Å²) >= 11 is 0. The summed E-state index contributed by atoms with van der Waals surface area (Å²) in [5, 5.41) is 3.43. The summed E-state index contributed by atoms with van der Waals surface area (Å²) in [7, 11) is 3.32. The zero-order valence-electron chi connectivity index (χ0n) is 12.3. The van der Waals surface area contributed by atoms with Gasteiger partial charge in [-0.3, -0.25) is 0 Å². The van der Waals surface area contributed by atoms with E-state index in [-0.39, 0.29) is 0 Å². The van der Waals surface area contributed by atoms with Gasteiger partial charge in [-0.25, -0.2) is 0 Å². The minimum atomic E-state index is 0.701. The quantitative estimate of drug-likeness (QED) is 0.915. The van der Waals surface area contributed by atoms with Crippen molar-refractivity contribution < 1.29 is 14.2 Å². The maximum atomic E-state index is 5.52. The van der Waals surface area contributed by atoms with Gasteiger partial charge < -0.3 is 19.5 Å². The highest BCUT2D eigenvalue weighted by molar-refractivity contribution is 5.53. The Labute approximate surface area is 124 Å². The molecule has 4 nitrogen and oxygen atoms in total. The molecule has 0 aliphatic carbocycles. The standard InChI is InChI=1S/C17H19NO3/c1-19-15-5-3-13(17(10-15)20-2)11-18-14-4-6-16-12(9-14)7-8-21-16/h3-6,9-10,18H,7-8,11H2,1-2H3. The third-order valence-electron chi connectivity index (χ3n) is 3.67. The maximum absolute atomic E-state index is 5.52. The van der Waals surface area contributed by atoms with Gasteiger partial charge >= 0.3 is 0 Å². The fraction of sp³-hybridized carbons (Fsp3) is 0.294. The van der Waals surface area contributed by atoms with Crippen molar-refractivity contribution in [2.75, 3.05) is 26.1 Å². The zero-order valence-corrected chi connectivity index (χ0v) is 12.3. The van der Waals surface area contributed by atoms with E-state index in [1.165, 1.54) is 5.56 Å². The van der Waals surface area contributed by atoms with Crippen LogP contribution < -0.4 is 19.5 Å². The molecule has 110 valence electrons. The molecule has 1 N–H and O–H groups in total. The Balaban J connectivity index is 1.72. The summed E-state index contributed by atoms with van der Waals surface area (Å²) in [5.41, 5.74) is 3.45. The van der Waals surface area contributed by atoms with Crippen LogP contribution >= 0.6 is 0 Å². The molecule has 2 aromatic carbocycles. The first-order chi connectivity index (χ1) is 10.3. The van der Waals surface area contributed by atoms with Crippen LogP contribution in [0.5, 0.6) is 17.2 Å². The Hall–Kier alpha value is -2.36. The van der Waals surface area contributed by atoms with Crippen molar-refractivity contribution >= 4 is 5.69 Å². The molecule has 0 aromatic heterocycles. The van der Waals surface area contributed by atoms with E-state index in [2.05, 4.69) is 11.4 Å². The third kappa shape index (κ3) is 2.89. The highest BCUT2D eigenvalue weighted by Gasteiger charge is 2.12. The number of nitrogens with one attached hydrogen (secondary N) is 1. The lowest BCUT2D eigenvalue weighted by Crippen LogP contribution is -2.02. The van der Waals surface area contributed by atoms with Crippen molar-refractivity contribution in [3.05, 3.63) is 47.5 Å². The summed E-state index contributed by atoms with van der Waals surface area (Å²) < 4.78 is 16.1. The Morgan fingerprint density at radius 3 is 2.81 bits per heavy atom. The predicted molar refractivity (Wildman–Crippen MR) is 82.5 cm³/mol. The summed E-state index contributed by atoms with van der Waals surface area (Å²) in [6.07, 6.45) is 0.983. The van der Waals surface area contributed by atoms with Gasteiger partial charge in [0, 0.05) is 30.3 Å². The molecule has 0 radical (unpaired) electrons. The van der Waals surface area contributed by atoms with Crippen LogP contribution in [0.25, 0.3) is 0 Å². The van der Waals surface area contributed by atoms with Crippen molar-refractivity contribution in [2.45, 2.75) is 13.0 Å². The first kappa shape index (κ1) is 13.6. The molecule has 0 amide bonds. The number of hydrogen-bond acceptors (Lipinski definition) is 4. The molecule has 0 fully saturated rings. The second-order valence-corrected chi connectivity index (χ2v) is 4.95. The minimum absolute atomic E-state index is 0.701. The fourth-order valence-corrected chi connectivity index (χ4v) is 2.49. The van der Waals surface area contributed by atoms with Gasteiger partial charge in [0.05, 0.1) is 20.8 Å². The summed E-state index contributed by atoms with van der Waals surface area (Å²) in [5.74, 6) is 2.62. The summed E-state index contributed by atoms with van der Waals surface area (Å²) in [6, 6.07) is 12.1. The molecule has 0 spiro atoms. The number of anilines is 1. The van der Waals surface area contributed by atoms with Crippen molar-refractivity contribution in [3.8, 4) is 17.2 Å². The number of rotatable bonds is 5. The highest BCUT2D eigenvalue weighted by atomic mass is 16.5. The SMILES string of the molecule is COc1ccc(CNc2ccc3c(c2)CCO3)c(OC)c1. The first-order valence-electron chi connectivity index (χ1n) is 7.00. The lowest BCUT2D eigenvalue weighted by Gasteiger charge is -2.12. The molecule has 0 bridgehead atoms. The fourth-order valence-electron chi connectivity index (χ4n) is 2.49. The normalized spacial score (nSPS) is 12.5. The molecule has 0 saturated heterocycles. The molecule has 0 saturated carbocycles. The van der Waals surface area contributed by atoms with Crippen LogP contribution in [0.15, 0.2) is 36.4 Å². The van der Waals surface area contributed by atoms with E-state index in [9.17, 15) is 0 Å². The molecule has 21 heavy (non-hydrogen) atoms. The van der Waals surface area contributed by atoms with Crippen LogP contribution in [0.3, 0.4) is 0 Å². The lowest BCUT2D eigenvalue weighted by molar-refractivity contribution is 0.357. The van der Waals surface area contributed by atoms with Gasteiger partial charge in [0.1, 0.15) is 17.2 Å². The monoisotopic (exact) mass is 285 g/mol. The molecule has 0 atom stereocenters. The van der Waals surface area contributed by atoms with Crippen molar-refractivity contribution in [1.29, 1.82) is 0 Å². The van der Waals surface area contributed by atoms with Gasteiger partial charge in [-0.2, -0.15) is 0 Å². The van der Waals surface area contributed by atoms with Crippen LogP contribution in [-0.2, 0) is 13.0 Å². The molecule has 3 rings (SSSR count). The van der Waals surface area contributed by atoms with Crippen LogP contribution in [-0.4, -0.2) is 20.8 Å². The molecule has 4 heteroatoms. The Bertz CT molecular complexity index is 640. The van der Waals surface area contributed by atoms with Crippen molar-refractivity contribution in [3.63, 3.8) is 0 Å². The van der Waals surface area contributed by atoms with Crippen LogP contribution in [0, 0.1) is 0 Å². The van der Waals surface area contributed by atoms with Gasteiger partial charge in [0.25, 0.3) is 0 Å². The second-order valence-electron chi connectivity index (χ2n) is 4.95. The number of ether oxygens (including phenoxy) is 3. The predicted octanol–water partition coefficient (Wildman–Crippen LogP) is 3.25. The summed E-state index contributed by atoms with van der Waals surface area (Å²) in [6.45, 7) is 1.48. The van der Waals surface area contributed by atoms with Crippen LogP contribution in [0.4, 0.5) is 5.69 Å². The summed E-state index contributed by atoms with van der Waals surface area (Å²) in [4.78, 5) is 0. The zero-order chi connectivity index (χ0) is 14.7. The van der Waals surface area contributed by atoms with E-state index in [0.717, 1.165) is 41.5 Å². The van der Waals surface area contributed by atoms with Crippen LogP contribution in [0.1, 0.15) is 11.1 Å². The number of benzene rings is 2. The van der Waals surface area contributed by atoms with E-state index in [0.29, 0.717) is 6.54 Å². The van der Waals surface area contributed by atoms with Gasteiger partial charge in [0.15, 0.2) is 0 Å². The van der Waals surface area contributed by atoms with E-state index < -0.39 is 0 Å². The number of methoxy groups -OCH3 is 2. The lowest BCUT2D eigenvalue weighted by atomic mass is 10.1. The second kappa shape index (κ2) is 5.95.